The van der Waals surface area contributed by atoms with E-state index in [2.05, 4.69) is 13.8 Å². The number of rotatable bonds is 10. The topological polar surface area (TPSA) is 55.8 Å². The number of aliphatic hydroxyl groups is 1. The lowest BCUT2D eigenvalue weighted by Gasteiger charge is -2.30. The number of carbonyl (C=O) groups is 1. The summed E-state index contributed by atoms with van der Waals surface area (Å²) in [6, 6.07) is 28.4. The number of aliphatic hydroxyl groups excluding tert-OH is 1. The minimum Gasteiger partial charge on any atom is -0.393 e. The van der Waals surface area contributed by atoms with Gasteiger partial charge in [-0.3, -0.25) is 4.52 Å². The fourth-order valence-corrected chi connectivity index (χ4v) is 6.50. The number of hydrogen-bond donors (Lipinski definition) is 1. The van der Waals surface area contributed by atoms with E-state index in [1.54, 1.807) is 12.1 Å². The van der Waals surface area contributed by atoms with Crippen LogP contribution in [0.2, 0.25) is 0 Å². The van der Waals surface area contributed by atoms with Crippen molar-refractivity contribution in [3.8, 4) is 0 Å². The van der Waals surface area contributed by atoms with Crippen LogP contribution in [-0.2, 0) is 9.05 Å². The number of carbonyl (C=O) groups excluding carboxylic acids is 1. The normalized spacial score (nSPS) is 13.7. The van der Waals surface area contributed by atoms with E-state index in [1.807, 2.05) is 92.7 Å². The molecule has 2 atom stereocenters. The molecule has 0 fully saturated rings. The average Bonchev–Trinajstić information content (AvgIpc) is 2.84. The Labute approximate surface area is 198 Å². The third-order valence-corrected chi connectivity index (χ3v) is 8.63. The van der Waals surface area contributed by atoms with Crippen LogP contribution in [0.3, 0.4) is 0 Å². The van der Waals surface area contributed by atoms with Crippen LogP contribution in [0.4, 0.5) is 0 Å². The third kappa shape index (κ3) is 6.29. The molecule has 33 heavy (non-hydrogen) atoms. The highest BCUT2D eigenvalue weighted by Crippen LogP contribution is 2.61. The third-order valence-electron chi connectivity index (χ3n) is 5.68. The molecule has 0 aliphatic rings. The maximum absolute atomic E-state index is 13.4. The zero-order valence-corrected chi connectivity index (χ0v) is 20.7. The molecule has 0 saturated carbocycles. The summed E-state index contributed by atoms with van der Waals surface area (Å²) in [5.74, 6) is -0.216. The van der Waals surface area contributed by atoms with Crippen molar-refractivity contribution in [3.05, 3.63) is 96.6 Å². The number of benzene rings is 3. The molecule has 0 bridgehead atoms. The van der Waals surface area contributed by atoms with Gasteiger partial charge in [-0.1, -0.05) is 82.3 Å². The first-order valence-corrected chi connectivity index (χ1v) is 13.1. The lowest BCUT2D eigenvalue weighted by atomic mass is 9.95. The van der Waals surface area contributed by atoms with Gasteiger partial charge in [0.15, 0.2) is 10.6 Å². The minimum absolute atomic E-state index is 0.0999. The van der Waals surface area contributed by atoms with Gasteiger partial charge in [-0.25, -0.2) is 4.79 Å². The van der Waals surface area contributed by atoms with Crippen LogP contribution in [0.15, 0.2) is 91.0 Å². The molecule has 2 unspecified atom stereocenters. The van der Waals surface area contributed by atoms with Gasteiger partial charge in [0.2, 0.25) is 0 Å². The van der Waals surface area contributed by atoms with Gasteiger partial charge < -0.3 is 5.11 Å². The molecule has 3 rings (SSSR count). The largest absolute Gasteiger partial charge is 0.393 e. The maximum atomic E-state index is 13.4. The van der Waals surface area contributed by atoms with Gasteiger partial charge in [0.05, 0.1) is 11.7 Å². The summed E-state index contributed by atoms with van der Waals surface area (Å²) < 4.78 is 13.3. The van der Waals surface area contributed by atoms with Crippen LogP contribution in [0, 0.1) is 11.8 Å². The molecule has 5 heteroatoms. The predicted octanol–water partition coefficient (Wildman–Crippen LogP) is 5.79. The van der Waals surface area contributed by atoms with Gasteiger partial charge in [-0.15, -0.1) is 0 Å². The molecule has 3 aromatic rings. The molecule has 174 valence electrons. The summed E-state index contributed by atoms with van der Waals surface area (Å²) in [7, 11) is -3.08. The van der Waals surface area contributed by atoms with E-state index in [4.69, 9.17) is 9.05 Å². The second-order valence-electron chi connectivity index (χ2n) is 8.90. The molecular weight excluding hydrogens is 431 g/mol. The van der Waals surface area contributed by atoms with Gasteiger partial charge in [-0.05, 0) is 48.2 Å². The summed E-state index contributed by atoms with van der Waals surface area (Å²) in [6.45, 7) is 8.13. The average molecular weight is 466 g/mol. The lowest BCUT2D eigenvalue weighted by Crippen LogP contribution is -2.35. The minimum atomic E-state index is -3.08. The van der Waals surface area contributed by atoms with Gasteiger partial charge in [-0.2, -0.15) is 4.52 Å². The van der Waals surface area contributed by atoms with Crippen molar-refractivity contribution < 1.29 is 18.9 Å². The molecule has 0 radical (unpaired) electrons. The monoisotopic (exact) mass is 465 g/mol. The second-order valence-corrected chi connectivity index (χ2v) is 11.4. The maximum Gasteiger partial charge on any atom is 0.391 e. The molecule has 1 N–H and O–H groups in total. The van der Waals surface area contributed by atoms with Crippen molar-refractivity contribution in [1.29, 1.82) is 0 Å². The van der Waals surface area contributed by atoms with Gasteiger partial charge in [0.1, 0.15) is 6.10 Å². The van der Waals surface area contributed by atoms with Crippen molar-refractivity contribution in [2.24, 2.45) is 11.8 Å². The van der Waals surface area contributed by atoms with E-state index < -0.39 is 19.8 Å². The Morgan fingerprint density at radius 2 is 1.21 bits per heavy atom. The van der Waals surface area contributed by atoms with Crippen molar-refractivity contribution in [3.63, 3.8) is 0 Å². The zero-order chi connectivity index (χ0) is 23.8. The van der Waals surface area contributed by atoms with E-state index in [1.165, 1.54) is 0 Å². The molecule has 0 amide bonds. The molecule has 3 aromatic carbocycles. The fraction of sp³-hybridized carbons (Fsp3) is 0.321. The molecule has 0 heterocycles. The summed E-state index contributed by atoms with van der Waals surface area (Å²) in [6.07, 6.45) is -0.366. The SMILES string of the molecule is CC(C)C(O)CC(O[P+](OC(=O)c1ccccc1)(c1ccccc1)c1ccccc1)C(C)C. The zero-order valence-electron chi connectivity index (χ0n) is 19.8. The second kappa shape index (κ2) is 11.6. The molecular formula is C28H34O4P+. The molecule has 0 spiro atoms. The highest BCUT2D eigenvalue weighted by molar-refractivity contribution is 7.81. The predicted molar refractivity (Wildman–Crippen MR) is 136 cm³/mol. The summed E-state index contributed by atoms with van der Waals surface area (Å²) in [5.41, 5.74) is 0.473. The van der Waals surface area contributed by atoms with Crippen LogP contribution < -0.4 is 10.6 Å². The Bertz CT molecular complexity index is 951. The van der Waals surface area contributed by atoms with Crippen LogP contribution >= 0.6 is 7.72 Å². The summed E-state index contributed by atoms with van der Waals surface area (Å²) in [4.78, 5) is 13.4. The lowest BCUT2D eigenvalue weighted by molar-refractivity contribution is 0.0404. The summed E-state index contributed by atoms with van der Waals surface area (Å²) in [5, 5.41) is 12.3. The molecule has 4 nitrogen and oxygen atoms in total. The Hall–Kier alpha value is -2.52. The van der Waals surface area contributed by atoms with Crippen LogP contribution in [0.5, 0.6) is 0 Å². The van der Waals surface area contributed by atoms with Gasteiger partial charge >= 0.3 is 13.7 Å². The van der Waals surface area contributed by atoms with Crippen LogP contribution in [0.25, 0.3) is 0 Å². The first-order valence-electron chi connectivity index (χ1n) is 11.5. The smallest absolute Gasteiger partial charge is 0.391 e. The van der Waals surface area contributed by atoms with E-state index >= 15 is 0 Å². The highest BCUT2D eigenvalue weighted by Gasteiger charge is 2.54. The van der Waals surface area contributed by atoms with Crippen LogP contribution in [-0.4, -0.2) is 23.3 Å². The van der Waals surface area contributed by atoms with Crippen LogP contribution in [0.1, 0.15) is 44.5 Å². The van der Waals surface area contributed by atoms with E-state index in [-0.39, 0.29) is 17.9 Å². The molecule has 0 aliphatic carbocycles. The molecule has 0 aliphatic heterocycles. The Balaban J connectivity index is 2.13. The Morgan fingerprint density at radius 1 is 0.758 bits per heavy atom. The first kappa shape index (κ1) is 25.1. The quantitative estimate of drug-likeness (QED) is 0.385. The first-order chi connectivity index (χ1) is 15.8. The van der Waals surface area contributed by atoms with E-state index in [9.17, 15) is 9.90 Å². The van der Waals surface area contributed by atoms with Gasteiger partial charge in [0, 0.05) is 6.42 Å². The van der Waals surface area contributed by atoms with Crippen molar-refractivity contribution in [2.75, 3.05) is 0 Å². The van der Waals surface area contributed by atoms with E-state index in [0.29, 0.717) is 12.0 Å². The standard InChI is InChI=1S/C28H34O4P/c1-21(2)26(29)20-27(22(3)4)31-33(24-16-10-6-11-17-24,25-18-12-7-13-19-25)32-28(30)23-14-8-5-9-15-23/h5-19,21-22,26-27,29H,20H2,1-4H3/q+1. The fourth-order valence-electron chi connectivity index (χ4n) is 3.53. The van der Waals surface area contributed by atoms with Gasteiger partial charge in [0.25, 0.3) is 0 Å². The van der Waals surface area contributed by atoms with Crippen molar-refractivity contribution >= 4 is 24.3 Å². The molecule has 0 saturated heterocycles. The van der Waals surface area contributed by atoms with E-state index in [0.717, 1.165) is 10.6 Å². The number of hydrogen-bond acceptors (Lipinski definition) is 4. The van der Waals surface area contributed by atoms with Crippen molar-refractivity contribution in [1.82, 2.24) is 0 Å². The summed E-state index contributed by atoms with van der Waals surface area (Å²) >= 11 is 0. The molecule has 0 aromatic heterocycles. The Kier molecular flexibility index (Phi) is 8.80. The van der Waals surface area contributed by atoms with Crippen molar-refractivity contribution in [2.45, 2.75) is 46.3 Å². The Morgan fingerprint density at radius 3 is 1.64 bits per heavy atom. The highest BCUT2D eigenvalue weighted by atomic mass is 31.2.